The molecule has 1 aliphatic rings. The molecule has 0 bridgehead atoms. The molecule has 0 saturated carbocycles. The zero-order chi connectivity index (χ0) is 14.1. The summed E-state index contributed by atoms with van der Waals surface area (Å²) in [5.41, 5.74) is 3.19. The smallest absolute Gasteiger partial charge is 0.115 e. The van der Waals surface area contributed by atoms with E-state index in [2.05, 4.69) is 24.0 Å². The number of benzene rings is 2. The van der Waals surface area contributed by atoms with Gasteiger partial charge in [0.2, 0.25) is 0 Å². The maximum Gasteiger partial charge on any atom is 0.115 e. The van der Waals surface area contributed by atoms with Crippen molar-refractivity contribution in [1.29, 1.82) is 0 Å². The van der Waals surface area contributed by atoms with Crippen LogP contribution in [0.1, 0.15) is 35.8 Å². The van der Waals surface area contributed by atoms with E-state index >= 15 is 0 Å². The van der Waals surface area contributed by atoms with Gasteiger partial charge in [0.15, 0.2) is 0 Å². The van der Waals surface area contributed by atoms with Crippen molar-refractivity contribution in [2.24, 2.45) is 0 Å². The number of fused-ring (bicyclic) bond motifs is 1. The minimum Gasteiger partial charge on any atom is -0.508 e. The predicted octanol–water partition coefficient (Wildman–Crippen LogP) is 3.42. The van der Waals surface area contributed by atoms with Crippen molar-refractivity contribution in [1.82, 2.24) is 4.90 Å². The molecule has 0 fully saturated rings. The lowest BCUT2D eigenvalue weighted by Crippen LogP contribution is -2.36. The zero-order valence-corrected chi connectivity index (χ0v) is 12.8. The van der Waals surface area contributed by atoms with E-state index in [9.17, 15) is 10.2 Å². The molecule has 2 aromatic rings. The first-order chi connectivity index (χ1) is 9.65. The van der Waals surface area contributed by atoms with Crippen LogP contribution in [0.15, 0.2) is 48.5 Å². The minimum atomic E-state index is -0.544. The molecule has 3 rings (SSSR count). The Labute approximate surface area is 131 Å². The Kier molecular flexibility index (Phi) is 4.88. The molecule has 2 aromatic carbocycles. The highest BCUT2D eigenvalue weighted by molar-refractivity contribution is 5.85. The number of aromatic hydroxyl groups is 1. The molecule has 2 N–H and O–H groups in total. The van der Waals surface area contributed by atoms with Gasteiger partial charge in [0.25, 0.3) is 0 Å². The quantitative estimate of drug-likeness (QED) is 0.893. The van der Waals surface area contributed by atoms with Crippen LogP contribution in [0.2, 0.25) is 0 Å². The van der Waals surface area contributed by atoms with Gasteiger partial charge in [-0.25, -0.2) is 0 Å². The second kappa shape index (κ2) is 6.48. The van der Waals surface area contributed by atoms with Crippen LogP contribution in [0.5, 0.6) is 5.75 Å². The number of phenolic OH excluding ortho intramolecular Hbond substituents is 1. The number of hydrogen-bond donors (Lipinski definition) is 2. The number of hydrogen-bond acceptors (Lipinski definition) is 3. The van der Waals surface area contributed by atoms with Crippen LogP contribution >= 0.6 is 12.4 Å². The van der Waals surface area contributed by atoms with Crippen molar-refractivity contribution in [3.63, 3.8) is 0 Å². The molecule has 0 spiro atoms. The fourth-order valence-electron chi connectivity index (χ4n) is 2.93. The van der Waals surface area contributed by atoms with Crippen LogP contribution in [0.3, 0.4) is 0 Å². The predicted molar refractivity (Wildman–Crippen MR) is 85.6 cm³/mol. The zero-order valence-electron chi connectivity index (χ0n) is 11.9. The highest BCUT2D eigenvalue weighted by Gasteiger charge is 2.29. The molecule has 3 nitrogen and oxygen atoms in total. The summed E-state index contributed by atoms with van der Waals surface area (Å²) in [4.78, 5) is 2.26. The Bertz CT molecular complexity index is 603. The average Bonchev–Trinajstić information content (AvgIpc) is 2.45. The second-order valence-electron chi connectivity index (χ2n) is 5.42. The number of aliphatic hydroxyl groups is 1. The SMILES string of the molecule is CC1c2ccc(O)cc2C(O)CN1Cc1ccccc1.Cl. The fraction of sp³-hybridized carbons (Fsp3) is 0.294. The summed E-state index contributed by atoms with van der Waals surface area (Å²) in [5, 5.41) is 19.9. The summed E-state index contributed by atoms with van der Waals surface area (Å²) in [6.07, 6.45) is -0.544. The van der Waals surface area contributed by atoms with E-state index in [4.69, 9.17) is 0 Å². The molecule has 1 heterocycles. The van der Waals surface area contributed by atoms with Gasteiger partial charge in [-0.05, 0) is 35.7 Å². The molecule has 2 atom stereocenters. The van der Waals surface area contributed by atoms with Gasteiger partial charge in [-0.15, -0.1) is 12.4 Å². The van der Waals surface area contributed by atoms with Gasteiger partial charge in [-0.1, -0.05) is 36.4 Å². The lowest BCUT2D eigenvalue weighted by atomic mass is 9.91. The maximum absolute atomic E-state index is 10.3. The lowest BCUT2D eigenvalue weighted by Gasteiger charge is -2.38. The number of rotatable bonds is 2. The molecule has 21 heavy (non-hydrogen) atoms. The third-order valence-electron chi connectivity index (χ3n) is 4.06. The summed E-state index contributed by atoms with van der Waals surface area (Å²) < 4.78 is 0. The summed E-state index contributed by atoms with van der Waals surface area (Å²) in [7, 11) is 0. The highest BCUT2D eigenvalue weighted by atomic mass is 35.5. The molecule has 0 radical (unpaired) electrons. The largest absolute Gasteiger partial charge is 0.508 e. The van der Waals surface area contributed by atoms with Gasteiger partial charge in [0.1, 0.15) is 5.75 Å². The average molecular weight is 306 g/mol. The van der Waals surface area contributed by atoms with Crippen LogP contribution in [-0.4, -0.2) is 21.7 Å². The Hall–Kier alpha value is -1.55. The van der Waals surface area contributed by atoms with Crippen molar-refractivity contribution in [2.75, 3.05) is 6.54 Å². The second-order valence-corrected chi connectivity index (χ2v) is 5.42. The third-order valence-corrected chi connectivity index (χ3v) is 4.06. The Balaban J connectivity index is 0.00000161. The van der Waals surface area contributed by atoms with E-state index < -0.39 is 6.10 Å². The molecule has 0 saturated heterocycles. The standard InChI is InChI=1S/C17H19NO2.ClH/c1-12-15-8-7-14(19)9-16(15)17(20)11-18(12)10-13-5-3-2-4-6-13;/h2-9,12,17,19-20H,10-11H2,1H3;1H. The van der Waals surface area contributed by atoms with Crippen LogP contribution in [0.25, 0.3) is 0 Å². The van der Waals surface area contributed by atoms with Gasteiger partial charge in [-0.2, -0.15) is 0 Å². The molecule has 2 unspecified atom stereocenters. The molecule has 4 heteroatoms. The van der Waals surface area contributed by atoms with E-state index in [0.717, 1.165) is 17.7 Å². The third kappa shape index (κ3) is 3.21. The van der Waals surface area contributed by atoms with Crippen molar-refractivity contribution in [2.45, 2.75) is 25.6 Å². The Morgan fingerprint density at radius 2 is 1.81 bits per heavy atom. The summed E-state index contributed by atoms with van der Waals surface area (Å²) >= 11 is 0. The van der Waals surface area contributed by atoms with Gasteiger partial charge in [-0.3, -0.25) is 4.90 Å². The van der Waals surface area contributed by atoms with Gasteiger partial charge < -0.3 is 10.2 Å². The first kappa shape index (κ1) is 15.8. The molecule has 0 aliphatic carbocycles. The number of nitrogens with zero attached hydrogens (tertiary/aromatic N) is 1. The first-order valence-corrected chi connectivity index (χ1v) is 6.94. The molecular formula is C17H20ClNO2. The van der Waals surface area contributed by atoms with Crippen molar-refractivity contribution in [3.8, 4) is 5.75 Å². The van der Waals surface area contributed by atoms with Crippen LogP contribution in [0.4, 0.5) is 0 Å². The summed E-state index contributed by atoms with van der Waals surface area (Å²) in [5.74, 6) is 0.214. The molecule has 0 aromatic heterocycles. The minimum absolute atomic E-state index is 0. The number of aliphatic hydroxyl groups excluding tert-OH is 1. The van der Waals surface area contributed by atoms with E-state index in [1.807, 2.05) is 24.3 Å². The number of phenols is 1. The Morgan fingerprint density at radius 1 is 1.10 bits per heavy atom. The van der Waals surface area contributed by atoms with E-state index in [0.29, 0.717) is 6.54 Å². The van der Waals surface area contributed by atoms with Crippen molar-refractivity contribution in [3.05, 3.63) is 65.2 Å². The maximum atomic E-state index is 10.3. The molecule has 0 amide bonds. The van der Waals surface area contributed by atoms with E-state index in [1.54, 1.807) is 12.1 Å². The topological polar surface area (TPSA) is 43.7 Å². The number of β-amino-alcohol motifs (C(OH)–C–C–N with tert-alkyl or cyclic N) is 1. The van der Waals surface area contributed by atoms with Gasteiger partial charge >= 0.3 is 0 Å². The first-order valence-electron chi connectivity index (χ1n) is 6.94. The van der Waals surface area contributed by atoms with Crippen molar-refractivity contribution < 1.29 is 10.2 Å². The monoisotopic (exact) mass is 305 g/mol. The fourth-order valence-corrected chi connectivity index (χ4v) is 2.93. The van der Waals surface area contributed by atoms with Gasteiger partial charge in [0.05, 0.1) is 6.10 Å². The summed E-state index contributed by atoms with van der Waals surface area (Å²) in [6, 6.07) is 15.8. The number of halogens is 1. The van der Waals surface area contributed by atoms with E-state index in [1.165, 1.54) is 5.56 Å². The van der Waals surface area contributed by atoms with Crippen LogP contribution in [-0.2, 0) is 6.54 Å². The lowest BCUT2D eigenvalue weighted by molar-refractivity contribution is 0.0664. The van der Waals surface area contributed by atoms with Crippen LogP contribution in [0, 0.1) is 0 Å². The van der Waals surface area contributed by atoms with Gasteiger partial charge in [0, 0.05) is 19.1 Å². The molecule has 1 aliphatic heterocycles. The highest BCUT2D eigenvalue weighted by Crippen LogP contribution is 2.37. The normalized spacial score (nSPS) is 21.4. The Morgan fingerprint density at radius 3 is 2.52 bits per heavy atom. The van der Waals surface area contributed by atoms with E-state index in [-0.39, 0.29) is 24.2 Å². The van der Waals surface area contributed by atoms with Crippen LogP contribution < -0.4 is 0 Å². The summed E-state index contributed by atoms with van der Waals surface area (Å²) in [6.45, 7) is 3.55. The molecule has 112 valence electrons. The molecular weight excluding hydrogens is 286 g/mol. The van der Waals surface area contributed by atoms with Crippen molar-refractivity contribution >= 4 is 12.4 Å².